The van der Waals surface area contributed by atoms with Gasteiger partial charge in [0.25, 0.3) is 11.8 Å². The van der Waals surface area contributed by atoms with Gasteiger partial charge in [0.2, 0.25) is 11.8 Å². The van der Waals surface area contributed by atoms with E-state index in [0.29, 0.717) is 50.8 Å². The van der Waals surface area contributed by atoms with Crippen LogP contribution in [0.5, 0.6) is 5.75 Å². The van der Waals surface area contributed by atoms with Gasteiger partial charge >= 0.3 is 0 Å². The molecule has 3 aliphatic heterocycles. The lowest BCUT2D eigenvalue weighted by atomic mass is 9.49. The van der Waals surface area contributed by atoms with E-state index in [1.165, 1.54) is 35.2 Å². The van der Waals surface area contributed by atoms with Crippen LogP contribution in [0.1, 0.15) is 29.9 Å². The number of hydrogen-bond donors (Lipinski definition) is 2. The average Bonchev–Trinajstić information content (AvgIpc) is 3.58. The van der Waals surface area contributed by atoms with Crippen LogP contribution in [0.4, 0.5) is 21.5 Å². The van der Waals surface area contributed by atoms with Crippen molar-refractivity contribution >= 4 is 68.2 Å². The lowest BCUT2D eigenvalue weighted by Gasteiger charge is -2.50. The van der Waals surface area contributed by atoms with E-state index in [-0.39, 0.29) is 30.4 Å². The van der Waals surface area contributed by atoms with E-state index in [4.69, 9.17) is 16.3 Å². The molecule has 5 aliphatic rings. The number of benzene rings is 4. The summed E-state index contributed by atoms with van der Waals surface area (Å²) < 4.78 is 20.0. The number of hydrazine groups is 1. The molecule has 3 heterocycles. The molecule has 2 N–H and O–H groups in total. The Morgan fingerprint density at radius 2 is 1.53 bits per heavy atom. The minimum atomic E-state index is -1.61. The zero-order valence-electron chi connectivity index (χ0n) is 29.3. The third-order valence-corrected chi connectivity index (χ3v) is 12.8. The van der Waals surface area contributed by atoms with Crippen molar-refractivity contribution in [3.05, 3.63) is 129 Å². The van der Waals surface area contributed by atoms with Crippen molar-refractivity contribution in [2.75, 3.05) is 41.5 Å². The molecule has 2 aliphatic carbocycles. The van der Waals surface area contributed by atoms with Crippen molar-refractivity contribution < 1.29 is 33.4 Å². The SMILES string of the molecule is O=C1C2CC3C(=CCC4C(=O)N(c5ccc(N6CCOCC6)cc5)C(=O)C43)C(c3cc(Br)ccc3O)C2(c2ccc(Cl)cc2)C(=O)N1Nc1ccc(F)cc1. The van der Waals surface area contributed by atoms with Crippen molar-refractivity contribution in [2.24, 2.45) is 23.7 Å². The van der Waals surface area contributed by atoms with Crippen LogP contribution in [-0.2, 0) is 29.3 Å². The Labute approximate surface area is 329 Å². The van der Waals surface area contributed by atoms with Crippen LogP contribution < -0.4 is 15.2 Å². The van der Waals surface area contributed by atoms with Crippen molar-refractivity contribution in [1.82, 2.24) is 5.01 Å². The number of carbonyl (C=O) groups excluding carboxylic acids is 4. The summed E-state index contributed by atoms with van der Waals surface area (Å²) in [5.74, 6) is -6.45. The first-order valence-electron chi connectivity index (χ1n) is 18.2. The summed E-state index contributed by atoms with van der Waals surface area (Å²) in [6.45, 7) is 2.73. The summed E-state index contributed by atoms with van der Waals surface area (Å²) in [4.78, 5) is 62.5. The first kappa shape index (κ1) is 35.6. The van der Waals surface area contributed by atoms with E-state index in [0.717, 1.165) is 23.8 Å². The number of morpholine rings is 1. The maximum atomic E-state index is 15.3. The molecule has 55 heavy (non-hydrogen) atoms. The first-order chi connectivity index (χ1) is 26.6. The molecule has 6 unspecified atom stereocenters. The van der Waals surface area contributed by atoms with Crippen LogP contribution in [0.25, 0.3) is 0 Å². The predicted octanol–water partition coefficient (Wildman–Crippen LogP) is 6.97. The summed E-state index contributed by atoms with van der Waals surface area (Å²) in [7, 11) is 0. The number of halogens is 3. The number of ether oxygens (including phenoxy) is 1. The summed E-state index contributed by atoms with van der Waals surface area (Å²) >= 11 is 9.93. The van der Waals surface area contributed by atoms with E-state index < -0.39 is 52.6 Å². The van der Waals surface area contributed by atoms with E-state index >= 15 is 4.79 Å². The predicted molar refractivity (Wildman–Crippen MR) is 207 cm³/mol. The maximum Gasteiger partial charge on any atom is 0.260 e. The molecule has 1 saturated carbocycles. The van der Waals surface area contributed by atoms with Crippen molar-refractivity contribution in [3.8, 4) is 5.75 Å². The smallest absolute Gasteiger partial charge is 0.260 e. The average molecular weight is 826 g/mol. The highest BCUT2D eigenvalue weighted by Crippen LogP contribution is 2.65. The van der Waals surface area contributed by atoms with Crippen LogP contribution >= 0.6 is 27.5 Å². The topological polar surface area (TPSA) is 119 Å². The Morgan fingerprint density at radius 3 is 2.24 bits per heavy atom. The number of anilines is 3. The highest BCUT2D eigenvalue weighted by molar-refractivity contribution is 9.10. The highest BCUT2D eigenvalue weighted by Gasteiger charge is 2.70. The second-order valence-electron chi connectivity index (χ2n) is 14.7. The molecule has 4 amide bonds. The number of nitrogens with one attached hydrogen (secondary N) is 1. The van der Waals surface area contributed by atoms with Crippen LogP contribution in [0.15, 0.2) is 107 Å². The van der Waals surface area contributed by atoms with Crippen LogP contribution in [0, 0.1) is 29.5 Å². The lowest BCUT2D eigenvalue weighted by molar-refractivity contribution is -0.138. The fourth-order valence-corrected chi connectivity index (χ4v) is 10.1. The third kappa shape index (κ3) is 5.59. The number of amides is 4. The van der Waals surface area contributed by atoms with Gasteiger partial charge in [0, 0.05) is 39.8 Å². The summed E-state index contributed by atoms with van der Waals surface area (Å²) in [5, 5.41) is 13.0. The number of imide groups is 2. The van der Waals surface area contributed by atoms with Gasteiger partial charge in [-0.3, -0.25) is 29.5 Å². The molecule has 0 spiro atoms. The molecule has 0 aromatic heterocycles. The van der Waals surface area contributed by atoms with Crippen LogP contribution in [-0.4, -0.2) is 60.0 Å². The Morgan fingerprint density at radius 1 is 0.836 bits per heavy atom. The fourth-order valence-electron chi connectivity index (χ4n) is 9.64. The van der Waals surface area contributed by atoms with Crippen LogP contribution in [0.3, 0.4) is 0 Å². The fraction of sp³-hybridized carbons (Fsp3) is 0.286. The summed E-state index contributed by atoms with van der Waals surface area (Å²) in [6, 6.07) is 24.4. The Bertz CT molecular complexity index is 2270. The van der Waals surface area contributed by atoms with E-state index in [9.17, 15) is 23.9 Å². The number of nitrogens with zero attached hydrogens (tertiary/aromatic N) is 3. The normalized spacial score (nSPS) is 27.5. The van der Waals surface area contributed by atoms with Gasteiger partial charge in [-0.2, -0.15) is 5.01 Å². The number of hydrogen-bond acceptors (Lipinski definition) is 8. The second kappa shape index (κ2) is 13.6. The summed E-state index contributed by atoms with van der Waals surface area (Å²) in [6.07, 6.45) is 2.25. The van der Waals surface area contributed by atoms with Gasteiger partial charge in [-0.1, -0.05) is 51.3 Å². The molecule has 10 nitrogen and oxygen atoms in total. The Balaban J connectivity index is 1.17. The van der Waals surface area contributed by atoms with E-state index in [1.54, 1.807) is 48.5 Å². The summed E-state index contributed by atoms with van der Waals surface area (Å²) in [5.41, 5.74) is 4.69. The van der Waals surface area contributed by atoms with Gasteiger partial charge in [-0.25, -0.2) is 4.39 Å². The Hall–Kier alpha value is -5.04. The molecule has 280 valence electrons. The van der Waals surface area contributed by atoms with Crippen LogP contribution in [0.2, 0.25) is 5.02 Å². The molecule has 9 rings (SSSR count). The monoisotopic (exact) mass is 824 g/mol. The standard InChI is InChI=1S/C42H35BrClFN4O6/c43-24-3-16-35(50)33(21-24)37-30-14-15-31-36(40(53)48(38(31)51)29-12-10-28(11-13-29)47-17-19-55-20-18-47)32(30)22-34-39(52)49(46-27-8-6-26(45)7-9-27)41(54)42(34,37)23-1-4-25(44)5-2-23/h1-14,16,21,31-32,34,36-37,46,50H,15,17-20,22H2. The maximum absolute atomic E-state index is 15.3. The number of carbonyl (C=O) groups is 4. The highest BCUT2D eigenvalue weighted by atomic mass is 79.9. The number of phenolic OH excluding ortho intramolecular Hbond substituents is 1. The van der Waals surface area contributed by atoms with Gasteiger partial charge in [0.15, 0.2) is 0 Å². The molecule has 4 aromatic carbocycles. The van der Waals surface area contributed by atoms with Crippen molar-refractivity contribution in [2.45, 2.75) is 24.2 Å². The molecule has 0 radical (unpaired) electrons. The minimum Gasteiger partial charge on any atom is -0.508 e. The van der Waals surface area contributed by atoms with Gasteiger partial charge in [-0.05, 0) is 103 Å². The number of aromatic hydroxyl groups is 1. The van der Waals surface area contributed by atoms with Gasteiger partial charge in [-0.15, -0.1) is 0 Å². The van der Waals surface area contributed by atoms with Gasteiger partial charge < -0.3 is 14.7 Å². The first-order valence-corrected chi connectivity index (χ1v) is 19.4. The number of rotatable bonds is 6. The van der Waals surface area contributed by atoms with Gasteiger partial charge in [0.1, 0.15) is 11.6 Å². The number of fused-ring (bicyclic) bond motifs is 4. The van der Waals surface area contributed by atoms with Gasteiger partial charge in [0.05, 0.1) is 47.8 Å². The molecular formula is C42H35BrClFN4O6. The molecule has 4 fully saturated rings. The molecule has 3 saturated heterocycles. The molecule has 4 aromatic rings. The largest absolute Gasteiger partial charge is 0.508 e. The molecule has 6 atom stereocenters. The van der Waals surface area contributed by atoms with Crippen molar-refractivity contribution in [1.29, 1.82) is 0 Å². The van der Waals surface area contributed by atoms with E-state index in [2.05, 4.69) is 26.3 Å². The lowest BCUT2D eigenvalue weighted by Crippen LogP contribution is -2.53. The zero-order valence-corrected chi connectivity index (χ0v) is 31.7. The zero-order chi connectivity index (χ0) is 38.2. The quantitative estimate of drug-likeness (QED) is 0.158. The second-order valence-corrected chi connectivity index (χ2v) is 16.1. The van der Waals surface area contributed by atoms with E-state index in [1.807, 2.05) is 18.2 Å². The third-order valence-electron chi connectivity index (χ3n) is 12.0. The molecule has 13 heteroatoms. The minimum absolute atomic E-state index is 0.0793. The van der Waals surface area contributed by atoms with Crippen molar-refractivity contribution in [3.63, 3.8) is 0 Å². The molecule has 0 bridgehead atoms. The molecular weight excluding hydrogens is 791 g/mol. The number of allylic oxidation sites excluding steroid dienone is 2. The Kier molecular flexibility index (Phi) is 8.82. The number of phenols is 1.